The summed E-state index contributed by atoms with van der Waals surface area (Å²) in [5.41, 5.74) is 1.75. The van der Waals surface area contributed by atoms with Crippen molar-refractivity contribution in [3.8, 4) is 11.4 Å². The minimum atomic E-state index is -1.01. The average Bonchev–Trinajstić information content (AvgIpc) is 3.76. The number of imide groups is 1. The summed E-state index contributed by atoms with van der Waals surface area (Å²) >= 11 is 0. The summed E-state index contributed by atoms with van der Waals surface area (Å²) in [5, 5.41) is 10.9. The molecule has 9 rings (SSSR count). The van der Waals surface area contributed by atoms with Gasteiger partial charge in [-0.25, -0.2) is 18.4 Å². The second kappa shape index (κ2) is 15.2. The van der Waals surface area contributed by atoms with Gasteiger partial charge >= 0.3 is 0 Å². The fraction of sp³-hybridized carbons (Fsp3) is 0.535. The van der Waals surface area contributed by atoms with E-state index in [4.69, 9.17) is 4.74 Å². The molecule has 306 valence electrons. The SMILES string of the molecule is CC(C)Oc1cc2nn(-c3cccn([C@H]4C[C@H]4F)c3=O)cc2cc1C(=O)NC1CCC(CN2CC3(CCN(c4ncc(C5CCC(=O)NC5=O)cc4F)CC3)C2)CC1. The minimum Gasteiger partial charge on any atom is -0.490 e. The Hall–Kier alpha value is -5.18. The number of hydrogen-bond donors (Lipinski definition) is 2. The number of hydrogen-bond acceptors (Lipinski definition) is 9. The van der Waals surface area contributed by atoms with Crippen molar-refractivity contribution >= 4 is 34.4 Å². The molecule has 5 aliphatic rings. The number of alkyl halides is 1. The zero-order valence-electron chi connectivity index (χ0n) is 33.0. The lowest BCUT2D eigenvalue weighted by Crippen LogP contribution is -2.61. The molecule has 4 aromatic rings. The summed E-state index contributed by atoms with van der Waals surface area (Å²) in [6.07, 6.45) is 10.5. The molecule has 2 aliphatic carbocycles. The number of benzene rings is 1. The van der Waals surface area contributed by atoms with Gasteiger partial charge in [-0.15, -0.1) is 0 Å². The molecule has 1 unspecified atom stereocenters. The topological polar surface area (TPSA) is 144 Å². The van der Waals surface area contributed by atoms with Crippen LogP contribution >= 0.6 is 0 Å². The summed E-state index contributed by atoms with van der Waals surface area (Å²) in [5.74, 6) is -0.550. The van der Waals surface area contributed by atoms with Crippen LogP contribution in [0.5, 0.6) is 5.75 Å². The molecule has 58 heavy (non-hydrogen) atoms. The van der Waals surface area contributed by atoms with Gasteiger partial charge in [0.2, 0.25) is 11.8 Å². The zero-order valence-corrected chi connectivity index (χ0v) is 33.0. The van der Waals surface area contributed by atoms with E-state index in [0.29, 0.717) is 58.0 Å². The van der Waals surface area contributed by atoms with E-state index in [1.807, 2.05) is 18.7 Å². The fourth-order valence-electron chi connectivity index (χ4n) is 9.62. The monoisotopic (exact) mass is 796 g/mol. The Morgan fingerprint density at radius 1 is 1.07 bits per heavy atom. The summed E-state index contributed by atoms with van der Waals surface area (Å²) in [6, 6.07) is 7.92. The molecule has 15 heteroatoms. The van der Waals surface area contributed by atoms with Gasteiger partial charge < -0.3 is 24.4 Å². The third-order valence-electron chi connectivity index (χ3n) is 12.9. The lowest BCUT2D eigenvalue weighted by molar-refractivity contribution is -0.134. The van der Waals surface area contributed by atoms with Gasteiger partial charge in [0.25, 0.3) is 11.5 Å². The first-order valence-corrected chi connectivity index (χ1v) is 20.7. The normalized spacial score (nSPS) is 25.8. The van der Waals surface area contributed by atoms with E-state index in [1.165, 1.54) is 15.3 Å². The number of nitrogens with one attached hydrogen (secondary N) is 2. The minimum absolute atomic E-state index is 0.0535. The van der Waals surface area contributed by atoms with Gasteiger partial charge in [0.1, 0.15) is 17.6 Å². The number of aromatic nitrogens is 4. The number of halogens is 2. The maximum Gasteiger partial charge on any atom is 0.276 e. The van der Waals surface area contributed by atoms with E-state index < -0.39 is 29.9 Å². The molecule has 5 fully saturated rings. The van der Waals surface area contributed by atoms with E-state index in [2.05, 4.69) is 25.6 Å². The van der Waals surface area contributed by atoms with Gasteiger partial charge in [0.05, 0.1) is 29.1 Å². The maximum atomic E-state index is 15.3. The summed E-state index contributed by atoms with van der Waals surface area (Å²) in [6.45, 7) is 8.40. The van der Waals surface area contributed by atoms with Crippen LogP contribution in [0.15, 0.2) is 53.7 Å². The van der Waals surface area contributed by atoms with E-state index in [-0.39, 0.29) is 41.4 Å². The zero-order chi connectivity index (χ0) is 40.3. The Bertz CT molecular complexity index is 2300. The third kappa shape index (κ3) is 7.60. The molecule has 6 heterocycles. The Balaban J connectivity index is 0.763. The van der Waals surface area contributed by atoms with Gasteiger partial charge in [-0.2, -0.15) is 5.10 Å². The quantitative estimate of drug-likeness (QED) is 0.207. The van der Waals surface area contributed by atoms with Crippen LogP contribution in [0.2, 0.25) is 0 Å². The van der Waals surface area contributed by atoms with Crippen molar-refractivity contribution in [2.45, 2.75) is 102 Å². The highest BCUT2D eigenvalue weighted by molar-refractivity contribution is 6.01. The second-order valence-electron chi connectivity index (χ2n) is 17.5. The first-order chi connectivity index (χ1) is 27.9. The van der Waals surface area contributed by atoms with Gasteiger partial charge in [-0.1, -0.05) is 0 Å². The van der Waals surface area contributed by atoms with E-state index in [9.17, 15) is 23.6 Å². The predicted octanol–water partition coefficient (Wildman–Crippen LogP) is 5.20. The van der Waals surface area contributed by atoms with Crippen LogP contribution in [0.4, 0.5) is 14.6 Å². The average molecular weight is 797 g/mol. The van der Waals surface area contributed by atoms with Crippen LogP contribution in [-0.4, -0.2) is 93.0 Å². The molecule has 2 N–H and O–H groups in total. The number of amides is 3. The van der Waals surface area contributed by atoms with Crippen molar-refractivity contribution < 1.29 is 27.9 Å². The van der Waals surface area contributed by atoms with Crippen molar-refractivity contribution in [2.24, 2.45) is 11.3 Å². The van der Waals surface area contributed by atoms with Crippen LogP contribution in [0.3, 0.4) is 0 Å². The Morgan fingerprint density at radius 2 is 1.83 bits per heavy atom. The first-order valence-electron chi connectivity index (χ1n) is 20.7. The molecule has 1 spiro atoms. The van der Waals surface area contributed by atoms with Gasteiger partial charge in [0, 0.05) is 81.7 Å². The molecule has 0 bridgehead atoms. The standard InChI is InChI=1S/C43H50F2N8O5/c1-25(2)58-37-19-34-28(22-53(49-34)35-4-3-13-52(42(35)57)36-18-32(36)44)16-31(37)41(56)47-29-7-5-26(6-8-29)21-50-23-43(24-50)11-14-51(15-12-43)39-33(45)17-27(20-46-39)30-9-10-38(54)48-40(30)55/h3-4,13,16-17,19-20,22,25-26,29-30,32,36H,5-12,14-15,18,21,23-24H2,1-2H3,(H,47,56)(H,48,54,55)/t26?,29?,30?,32-,36+/m1/s1. The maximum absolute atomic E-state index is 15.3. The number of likely N-dealkylation sites (tertiary alicyclic amines) is 1. The number of rotatable bonds is 10. The Labute approximate surface area is 335 Å². The molecule has 2 saturated carbocycles. The number of pyridine rings is 2. The molecule has 3 saturated heterocycles. The summed E-state index contributed by atoms with van der Waals surface area (Å²) < 4.78 is 38.1. The summed E-state index contributed by atoms with van der Waals surface area (Å²) in [7, 11) is 0. The Kier molecular flexibility index (Phi) is 10.1. The number of carbonyl (C=O) groups is 3. The van der Waals surface area contributed by atoms with Crippen molar-refractivity contribution in [2.75, 3.05) is 37.6 Å². The number of fused-ring (bicyclic) bond motifs is 1. The molecule has 3 aromatic heterocycles. The van der Waals surface area contributed by atoms with Crippen LogP contribution in [0.1, 0.15) is 99.5 Å². The molecule has 1 aromatic carbocycles. The number of ether oxygens (including phenoxy) is 1. The molecule has 13 nitrogen and oxygen atoms in total. The van der Waals surface area contributed by atoms with Crippen LogP contribution in [0, 0.1) is 17.2 Å². The van der Waals surface area contributed by atoms with E-state index >= 15 is 4.39 Å². The number of carbonyl (C=O) groups excluding carboxylic acids is 3. The van der Waals surface area contributed by atoms with Gasteiger partial charge in [-0.3, -0.25) is 24.5 Å². The first kappa shape index (κ1) is 38.3. The molecule has 3 atom stereocenters. The highest BCUT2D eigenvalue weighted by atomic mass is 19.1. The molecular formula is C43H50F2N8O5. The van der Waals surface area contributed by atoms with E-state index in [0.717, 1.165) is 71.2 Å². The van der Waals surface area contributed by atoms with E-state index in [1.54, 1.807) is 42.9 Å². The van der Waals surface area contributed by atoms with Crippen molar-refractivity contribution in [1.82, 2.24) is 34.9 Å². The summed E-state index contributed by atoms with van der Waals surface area (Å²) in [4.78, 5) is 59.8. The van der Waals surface area contributed by atoms with Crippen LogP contribution < -0.4 is 25.8 Å². The predicted molar refractivity (Wildman–Crippen MR) is 212 cm³/mol. The lowest BCUT2D eigenvalue weighted by atomic mass is 9.71. The Morgan fingerprint density at radius 3 is 2.52 bits per heavy atom. The highest BCUT2D eigenvalue weighted by Gasteiger charge is 2.46. The number of piperidine rings is 2. The van der Waals surface area contributed by atoms with Gasteiger partial charge in [-0.05, 0) is 100.0 Å². The molecule has 3 amide bonds. The second-order valence-corrected chi connectivity index (χ2v) is 17.5. The number of nitrogens with zero attached hydrogens (tertiary/aromatic N) is 6. The van der Waals surface area contributed by atoms with Crippen molar-refractivity contribution in [3.63, 3.8) is 0 Å². The largest absolute Gasteiger partial charge is 0.490 e. The third-order valence-corrected chi connectivity index (χ3v) is 12.9. The fourth-order valence-corrected chi connectivity index (χ4v) is 9.62. The number of anilines is 1. The van der Waals surface area contributed by atoms with Crippen LogP contribution in [-0.2, 0) is 9.59 Å². The highest BCUT2D eigenvalue weighted by Crippen LogP contribution is 2.43. The van der Waals surface area contributed by atoms with Crippen molar-refractivity contribution in [1.29, 1.82) is 0 Å². The molecule has 0 radical (unpaired) electrons. The van der Waals surface area contributed by atoms with Crippen molar-refractivity contribution in [3.05, 3.63) is 76.2 Å². The van der Waals surface area contributed by atoms with Crippen LogP contribution in [0.25, 0.3) is 16.6 Å². The molecular weight excluding hydrogens is 747 g/mol. The van der Waals surface area contributed by atoms with Gasteiger partial charge in [0.15, 0.2) is 11.6 Å². The smallest absolute Gasteiger partial charge is 0.276 e. The lowest BCUT2D eigenvalue weighted by Gasteiger charge is -2.55. The molecule has 3 aliphatic heterocycles.